The van der Waals surface area contributed by atoms with E-state index in [1.165, 1.54) is 0 Å². The van der Waals surface area contributed by atoms with E-state index in [1.54, 1.807) is 7.05 Å². The number of primary amides is 1. The molecule has 0 aromatic heterocycles. The molecule has 5 nitrogen and oxygen atoms in total. The van der Waals surface area contributed by atoms with Crippen LogP contribution >= 0.6 is 0 Å². The van der Waals surface area contributed by atoms with Gasteiger partial charge in [-0.3, -0.25) is 14.5 Å². The monoisotopic (exact) mass is 199 g/mol. The highest BCUT2D eigenvalue weighted by molar-refractivity contribution is 5.78. The number of carbonyl (C=O) groups excluding carboxylic acids is 2. The summed E-state index contributed by atoms with van der Waals surface area (Å²) in [4.78, 5) is 24.0. The quantitative estimate of drug-likeness (QED) is 0.607. The van der Waals surface area contributed by atoms with Crippen molar-refractivity contribution in [1.82, 2.24) is 10.2 Å². The molecule has 3 N–H and O–H groups in total. The van der Waals surface area contributed by atoms with E-state index in [-0.39, 0.29) is 17.7 Å². The third-order valence-corrected chi connectivity index (χ3v) is 2.64. The number of likely N-dealkylation sites (tertiary alicyclic amines) is 1. The number of nitrogens with one attached hydrogen (secondary N) is 1. The van der Waals surface area contributed by atoms with Gasteiger partial charge in [-0.05, 0) is 25.9 Å². The Bertz CT molecular complexity index is 222. The number of rotatable bonds is 3. The van der Waals surface area contributed by atoms with Crippen LogP contribution in [-0.4, -0.2) is 43.4 Å². The minimum absolute atomic E-state index is 0.00376. The summed E-state index contributed by atoms with van der Waals surface area (Å²) in [7, 11) is 1.62. The van der Waals surface area contributed by atoms with E-state index in [2.05, 4.69) is 5.32 Å². The number of likely N-dealkylation sites (N-methyl/N-ethyl adjacent to an activating group) is 1. The Labute approximate surface area is 83.6 Å². The molecule has 2 amide bonds. The third kappa shape index (κ3) is 2.99. The molecule has 1 saturated heterocycles. The molecule has 0 radical (unpaired) electrons. The Morgan fingerprint density at radius 2 is 2.00 bits per heavy atom. The highest BCUT2D eigenvalue weighted by Gasteiger charge is 2.23. The lowest BCUT2D eigenvalue weighted by Gasteiger charge is -2.29. The summed E-state index contributed by atoms with van der Waals surface area (Å²) in [6, 6.07) is 0. The number of nitrogens with zero attached hydrogens (tertiary/aromatic N) is 1. The summed E-state index contributed by atoms with van der Waals surface area (Å²) in [6.45, 7) is 1.98. The average Bonchev–Trinajstić information content (AvgIpc) is 2.18. The molecule has 1 fully saturated rings. The second-order valence-electron chi connectivity index (χ2n) is 3.63. The molecule has 0 bridgehead atoms. The fourth-order valence-electron chi connectivity index (χ4n) is 1.66. The molecule has 0 unspecified atom stereocenters. The average molecular weight is 199 g/mol. The highest BCUT2D eigenvalue weighted by atomic mass is 16.2. The van der Waals surface area contributed by atoms with Crippen molar-refractivity contribution >= 4 is 11.8 Å². The minimum atomic E-state index is -0.218. The van der Waals surface area contributed by atoms with E-state index < -0.39 is 0 Å². The van der Waals surface area contributed by atoms with E-state index in [4.69, 9.17) is 5.73 Å². The van der Waals surface area contributed by atoms with Crippen molar-refractivity contribution in [2.45, 2.75) is 12.8 Å². The van der Waals surface area contributed by atoms with E-state index in [1.807, 2.05) is 4.90 Å². The van der Waals surface area contributed by atoms with E-state index >= 15 is 0 Å². The van der Waals surface area contributed by atoms with Crippen LogP contribution in [0.25, 0.3) is 0 Å². The van der Waals surface area contributed by atoms with Gasteiger partial charge >= 0.3 is 0 Å². The van der Waals surface area contributed by atoms with E-state index in [0.29, 0.717) is 6.54 Å². The van der Waals surface area contributed by atoms with Crippen molar-refractivity contribution in [3.05, 3.63) is 0 Å². The molecule has 1 aliphatic heterocycles. The summed E-state index contributed by atoms with van der Waals surface area (Å²) < 4.78 is 0. The van der Waals surface area contributed by atoms with E-state index in [9.17, 15) is 9.59 Å². The van der Waals surface area contributed by atoms with Crippen LogP contribution in [0.1, 0.15) is 12.8 Å². The first-order chi connectivity index (χ1) is 6.63. The van der Waals surface area contributed by atoms with Crippen LogP contribution in [0.3, 0.4) is 0 Å². The predicted octanol–water partition coefficient (Wildman–Crippen LogP) is -1.07. The first kappa shape index (κ1) is 11.0. The fraction of sp³-hybridized carbons (Fsp3) is 0.778. The maximum Gasteiger partial charge on any atom is 0.233 e. The Morgan fingerprint density at radius 1 is 1.43 bits per heavy atom. The van der Waals surface area contributed by atoms with Gasteiger partial charge in [-0.2, -0.15) is 0 Å². The number of piperidine rings is 1. The van der Waals surface area contributed by atoms with Gasteiger partial charge in [0.2, 0.25) is 11.8 Å². The standard InChI is InChI=1S/C9H17N3O2/c1-11-8(13)6-12-4-2-7(3-5-12)9(10)14/h7H,2-6H2,1H3,(H2,10,14)(H,11,13). The Balaban J connectivity index is 2.29. The summed E-state index contributed by atoms with van der Waals surface area (Å²) in [6.07, 6.45) is 1.54. The van der Waals surface area contributed by atoms with Crippen LogP contribution in [0, 0.1) is 5.92 Å². The molecule has 0 spiro atoms. The van der Waals surface area contributed by atoms with Gasteiger partial charge in [0.05, 0.1) is 6.54 Å². The molecule has 0 saturated carbocycles. The Kier molecular flexibility index (Phi) is 3.88. The summed E-state index contributed by atoms with van der Waals surface area (Å²) >= 11 is 0. The van der Waals surface area contributed by atoms with Crippen molar-refractivity contribution in [3.63, 3.8) is 0 Å². The van der Waals surface area contributed by atoms with Crippen LogP contribution in [-0.2, 0) is 9.59 Å². The zero-order chi connectivity index (χ0) is 10.6. The van der Waals surface area contributed by atoms with Crippen molar-refractivity contribution in [2.75, 3.05) is 26.7 Å². The second-order valence-corrected chi connectivity index (χ2v) is 3.63. The number of hydrogen-bond donors (Lipinski definition) is 2. The lowest BCUT2D eigenvalue weighted by atomic mass is 9.96. The molecule has 1 aliphatic rings. The molecule has 1 heterocycles. The van der Waals surface area contributed by atoms with Crippen LogP contribution in [0.4, 0.5) is 0 Å². The van der Waals surface area contributed by atoms with Gasteiger partial charge in [-0.15, -0.1) is 0 Å². The van der Waals surface area contributed by atoms with Gasteiger partial charge in [-0.1, -0.05) is 0 Å². The summed E-state index contributed by atoms with van der Waals surface area (Å²) in [5.41, 5.74) is 5.20. The van der Waals surface area contributed by atoms with Gasteiger partial charge in [0.15, 0.2) is 0 Å². The molecule has 0 aromatic rings. The maximum absolute atomic E-state index is 11.1. The molecule has 80 valence electrons. The molecule has 0 aliphatic carbocycles. The van der Waals surface area contributed by atoms with Crippen LogP contribution in [0.15, 0.2) is 0 Å². The zero-order valence-electron chi connectivity index (χ0n) is 8.45. The molecular formula is C9H17N3O2. The van der Waals surface area contributed by atoms with E-state index in [0.717, 1.165) is 25.9 Å². The van der Waals surface area contributed by atoms with Crippen molar-refractivity contribution in [1.29, 1.82) is 0 Å². The lowest BCUT2D eigenvalue weighted by molar-refractivity contribution is -0.124. The molecule has 0 atom stereocenters. The molecular weight excluding hydrogens is 182 g/mol. The van der Waals surface area contributed by atoms with Gasteiger partial charge in [-0.25, -0.2) is 0 Å². The maximum atomic E-state index is 11.1. The van der Waals surface area contributed by atoms with Gasteiger partial charge in [0.25, 0.3) is 0 Å². The zero-order valence-corrected chi connectivity index (χ0v) is 8.45. The van der Waals surface area contributed by atoms with Gasteiger partial charge in [0, 0.05) is 13.0 Å². The molecule has 1 rings (SSSR count). The van der Waals surface area contributed by atoms with Crippen LogP contribution < -0.4 is 11.1 Å². The van der Waals surface area contributed by atoms with Crippen molar-refractivity contribution in [2.24, 2.45) is 11.7 Å². The molecule has 5 heteroatoms. The first-order valence-electron chi connectivity index (χ1n) is 4.85. The number of nitrogens with two attached hydrogens (primary N) is 1. The Morgan fingerprint density at radius 3 is 2.43 bits per heavy atom. The third-order valence-electron chi connectivity index (χ3n) is 2.64. The smallest absolute Gasteiger partial charge is 0.233 e. The SMILES string of the molecule is CNC(=O)CN1CCC(C(N)=O)CC1. The number of carbonyl (C=O) groups is 2. The fourth-order valence-corrected chi connectivity index (χ4v) is 1.66. The van der Waals surface area contributed by atoms with Crippen LogP contribution in [0.2, 0.25) is 0 Å². The number of hydrogen-bond acceptors (Lipinski definition) is 3. The summed E-state index contributed by atoms with van der Waals surface area (Å²) in [5, 5.41) is 2.57. The van der Waals surface area contributed by atoms with Gasteiger partial charge < -0.3 is 11.1 Å². The predicted molar refractivity (Wildman–Crippen MR) is 52.4 cm³/mol. The molecule has 0 aromatic carbocycles. The van der Waals surface area contributed by atoms with Gasteiger partial charge in [0.1, 0.15) is 0 Å². The first-order valence-corrected chi connectivity index (χ1v) is 4.85. The topological polar surface area (TPSA) is 75.4 Å². The van der Waals surface area contributed by atoms with Crippen molar-refractivity contribution in [3.8, 4) is 0 Å². The minimum Gasteiger partial charge on any atom is -0.369 e. The highest BCUT2D eigenvalue weighted by Crippen LogP contribution is 2.15. The molecule has 14 heavy (non-hydrogen) atoms. The van der Waals surface area contributed by atoms with Crippen molar-refractivity contribution < 1.29 is 9.59 Å². The largest absolute Gasteiger partial charge is 0.369 e. The normalized spacial score (nSPS) is 19.2. The Hall–Kier alpha value is -1.10. The number of amides is 2. The second kappa shape index (κ2) is 4.95. The van der Waals surface area contributed by atoms with Crippen LogP contribution in [0.5, 0.6) is 0 Å². The summed E-state index contributed by atoms with van der Waals surface area (Å²) in [5.74, 6) is -0.206. The lowest BCUT2D eigenvalue weighted by Crippen LogP contribution is -2.42.